The van der Waals surface area contributed by atoms with E-state index in [1.807, 2.05) is 0 Å². The third-order valence-corrected chi connectivity index (χ3v) is 5.69. The molecule has 0 spiro atoms. The molecule has 106 valence electrons. The van der Waals surface area contributed by atoms with Gasteiger partial charge in [0.2, 0.25) is 0 Å². The smallest absolute Gasteiger partial charge is 0.141 e. The Bertz CT molecular complexity index is 458. The van der Waals surface area contributed by atoms with Gasteiger partial charge in [-0.25, -0.2) is 4.39 Å². The first kappa shape index (κ1) is 15.1. The van der Waals surface area contributed by atoms with Crippen LogP contribution in [0, 0.1) is 11.2 Å². The summed E-state index contributed by atoms with van der Waals surface area (Å²) < 4.78 is 19.3. The van der Waals surface area contributed by atoms with E-state index >= 15 is 0 Å². The van der Waals surface area contributed by atoms with Crippen LogP contribution >= 0.6 is 27.5 Å². The summed E-state index contributed by atoms with van der Waals surface area (Å²) >= 11 is 9.99. The summed E-state index contributed by atoms with van der Waals surface area (Å²) in [7, 11) is 1.56. The van der Waals surface area contributed by atoms with Crippen LogP contribution in [-0.4, -0.2) is 7.11 Å². The molecule has 1 aromatic carbocycles. The molecule has 19 heavy (non-hydrogen) atoms. The zero-order valence-electron chi connectivity index (χ0n) is 11.3. The van der Waals surface area contributed by atoms with Crippen molar-refractivity contribution in [2.45, 2.75) is 44.4 Å². The highest BCUT2D eigenvalue weighted by molar-refractivity contribution is 9.10. The first-order valence-electron chi connectivity index (χ1n) is 6.71. The van der Waals surface area contributed by atoms with Gasteiger partial charge in [-0.1, -0.05) is 19.8 Å². The molecular weight excluding hydrogens is 331 g/mol. The van der Waals surface area contributed by atoms with Crippen molar-refractivity contribution < 1.29 is 9.13 Å². The third-order valence-electron chi connectivity index (χ3n) is 4.39. The molecule has 1 aliphatic rings. The Morgan fingerprint density at radius 3 is 2.58 bits per heavy atom. The van der Waals surface area contributed by atoms with Gasteiger partial charge in [-0.3, -0.25) is 0 Å². The Morgan fingerprint density at radius 2 is 2.05 bits per heavy atom. The molecule has 1 saturated carbocycles. The molecule has 1 fully saturated rings. The molecule has 4 heteroatoms. The van der Waals surface area contributed by atoms with E-state index in [0.717, 1.165) is 24.8 Å². The summed E-state index contributed by atoms with van der Waals surface area (Å²) in [6.45, 7) is 2.19. The molecule has 2 rings (SSSR count). The van der Waals surface area contributed by atoms with Gasteiger partial charge in [0, 0.05) is 11.6 Å². The van der Waals surface area contributed by atoms with Crippen LogP contribution in [0.25, 0.3) is 0 Å². The van der Waals surface area contributed by atoms with Crippen LogP contribution in [-0.2, 0) is 0 Å². The number of halogens is 3. The number of methoxy groups -OCH3 is 1. The monoisotopic (exact) mass is 348 g/mol. The van der Waals surface area contributed by atoms with Gasteiger partial charge in [0.05, 0.1) is 17.0 Å². The first-order chi connectivity index (χ1) is 9.04. The summed E-state index contributed by atoms with van der Waals surface area (Å²) in [6, 6.07) is 3.18. The number of alkyl halides is 1. The van der Waals surface area contributed by atoms with Crippen LogP contribution in [0.2, 0.25) is 0 Å². The third kappa shape index (κ3) is 2.78. The van der Waals surface area contributed by atoms with Crippen molar-refractivity contribution in [2.24, 2.45) is 5.41 Å². The second kappa shape index (κ2) is 6.01. The largest absolute Gasteiger partial charge is 0.496 e. The van der Waals surface area contributed by atoms with Crippen LogP contribution in [0.15, 0.2) is 16.6 Å². The van der Waals surface area contributed by atoms with Crippen molar-refractivity contribution in [3.05, 3.63) is 28.0 Å². The van der Waals surface area contributed by atoms with E-state index in [-0.39, 0.29) is 16.6 Å². The number of ether oxygens (including phenoxy) is 1. The number of rotatable bonds is 4. The van der Waals surface area contributed by atoms with E-state index in [4.69, 9.17) is 16.3 Å². The predicted molar refractivity (Wildman–Crippen MR) is 80.4 cm³/mol. The zero-order valence-corrected chi connectivity index (χ0v) is 13.7. The zero-order chi connectivity index (χ0) is 14.0. The summed E-state index contributed by atoms with van der Waals surface area (Å²) in [4.78, 5) is 0. The van der Waals surface area contributed by atoms with E-state index in [1.165, 1.54) is 18.9 Å². The highest BCUT2D eigenvalue weighted by Gasteiger charge is 2.40. The van der Waals surface area contributed by atoms with Gasteiger partial charge in [0.25, 0.3) is 0 Å². The summed E-state index contributed by atoms with van der Waals surface area (Å²) in [5, 5.41) is -0.133. The maximum Gasteiger partial charge on any atom is 0.141 e. The Labute approximate surface area is 127 Å². The lowest BCUT2D eigenvalue weighted by Crippen LogP contribution is -2.22. The van der Waals surface area contributed by atoms with E-state index in [2.05, 4.69) is 22.9 Å². The highest BCUT2D eigenvalue weighted by Crippen LogP contribution is 2.55. The Morgan fingerprint density at radius 1 is 1.42 bits per heavy atom. The van der Waals surface area contributed by atoms with E-state index in [1.54, 1.807) is 13.2 Å². The molecule has 1 aromatic rings. The maximum atomic E-state index is 13.6. The average molecular weight is 350 g/mol. The SMILES string of the molecule is CCC1(C(Cl)c2cc(Br)c(F)cc2OC)CCCC1. The van der Waals surface area contributed by atoms with Gasteiger partial charge in [-0.05, 0) is 46.7 Å². The molecule has 0 radical (unpaired) electrons. The average Bonchev–Trinajstić information content (AvgIpc) is 2.90. The van der Waals surface area contributed by atoms with Crippen LogP contribution in [0.4, 0.5) is 4.39 Å². The molecule has 0 heterocycles. The minimum absolute atomic E-state index is 0.117. The van der Waals surface area contributed by atoms with Crippen molar-refractivity contribution in [3.63, 3.8) is 0 Å². The topological polar surface area (TPSA) is 9.23 Å². The lowest BCUT2D eigenvalue weighted by molar-refractivity contribution is 0.266. The molecule has 0 N–H and O–H groups in total. The van der Waals surface area contributed by atoms with Gasteiger partial charge >= 0.3 is 0 Å². The molecule has 0 aliphatic heterocycles. The Balaban J connectivity index is 2.42. The summed E-state index contributed by atoms with van der Waals surface area (Å²) in [5.41, 5.74) is 1.01. The molecule has 1 aliphatic carbocycles. The van der Waals surface area contributed by atoms with Crippen molar-refractivity contribution in [1.29, 1.82) is 0 Å². The van der Waals surface area contributed by atoms with E-state index < -0.39 is 0 Å². The first-order valence-corrected chi connectivity index (χ1v) is 7.94. The lowest BCUT2D eigenvalue weighted by atomic mass is 9.77. The van der Waals surface area contributed by atoms with Gasteiger partial charge in [-0.2, -0.15) is 0 Å². The quantitative estimate of drug-likeness (QED) is 0.620. The van der Waals surface area contributed by atoms with Crippen molar-refractivity contribution in [2.75, 3.05) is 7.11 Å². The molecule has 0 aromatic heterocycles. The second-order valence-electron chi connectivity index (χ2n) is 5.29. The number of benzene rings is 1. The van der Waals surface area contributed by atoms with Crippen LogP contribution in [0.3, 0.4) is 0 Å². The number of hydrogen-bond donors (Lipinski definition) is 0. The van der Waals surface area contributed by atoms with E-state index in [9.17, 15) is 4.39 Å². The Kier molecular flexibility index (Phi) is 4.78. The van der Waals surface area contributed by atoms with Gasteiger partial charge < -0.3 is 4.74 Å². The molecule has 1 atom stereocenters. The molecular formula is C15H19BrClFO. The molecule has 0 amide bonds. The normalized spacial score (nSPS) is 19.4. The van der Waals surface area contributed by atoms with Crippen LogP contribution in [0.1, 0.15) is 50.0 Å². The number of hydrogen-bond acceptors (Lipinski definition) is 1. The predicted octanol–water partition coefficient (Wildman–Crippen LogP) is 5.85. The molecule has 0 saturated heterocycles. The van der Waals surface area contributed by atoms with Crippen molar-refractivity contribution in [3.8, 4) is 5.75 Å². The Hall–Kier alpha value is -0.280. The van der Waals surface area contributed by atoms with Crippen LogP contribution in [0.5, 0.6) is 5.75 Å². The maximum absolute atomic E-state index is 13.6. The minimum Gasteiger partial charge on any atom is -0.496 e. The summed E-state index contributed by atoms with van der Waals surface area (Å²) in [6.07, 6.45) is 5.76. The standard InChI is InChI=1S/C15H19BrClFO/c1-3-15(6-4-5-7-15)14(17)10-8-11(16)12(18)9-13(10)19-2/h8-9,14H,3-7H2,1-2H3. The summed E-state index contributed by atoms with van der Waals surface area (Å²) in [5.74, 6) is 0.224. The fourth-order valence-electron chi connectivity index (χ4n) is 3.11. The molecule has 1 nitrogen and oxygen atoms in total. The van der Waals surface area contributed by atoms with Crippen molar-refractivity contribution >= 4 is 27.5 Å². The fourth-order valence-corrected chi connectivity index (χ4v) is 4.02. The molecule has 0 bridgehead atoms. The van der Waals surface area contributed by atoms with E-state index in [0.29, 0.717) is 10.2 Å². The molecule has 1 unspecified atom stereocenters. The second-order valence-corrected chi connectivity index (χ2v) is 6.58. The minimum atomic E-state index is -0.318. The highest BCUT2D eigenvalue weighted by atomic mass is 79.9. The fraction of sp³-hybridized carbons (Fsp3) is 0.600. The van der Waals surface area contributed by atoms with Gasteiger partial charge in [0.15, 0.2) is 0 Å². The van der Waals surface area contributed by atoms with Crippen molar-refractivity contribution in [1.82, 2.24) is 0 Å². The van der Waals surface area contributed by atoms with Gasteiger partial charge in [0.1, 0.15) is 11.6 Å². The lowest BCUT2D eigenvalue weighted by Gasteiger charge is -2.34. The van der Waals surface area contributed by atoms with Gasteiger partial charge in [-0.15, -0.1) is 11.6 Å². The van der Waals surface area contributed by atoms with Crippen LogP contribution < -0.4 is 4.74 Å².